The molecular weight excluding hydrogens is 248 g/mol. The van der Waals surface area contributed by atoms with Gasteiger partial charge in [-0.1, -0.05) is 11.6 Å². The van der Waals surface area contributed by atoms with Gasteiger partial charge in [0.1, 0.15) is 0 Å². The maximum atomic E-state index is 6.31. The number of halogens is 1. The molecule has 18 heavy (non-hydrogen) atoms. The van der Waals surface area contributed by atoms with Crippen LogP contribution in [0.1, 0.15) is 0 Å². The number of H-pyrrole nitrogens is 1. The summed E-state index contributed by atoms with van der Waals surface area (Å²) in [6.45, 7) is 0. The predicted octanol–water partition coefficient (Wildman–Crippen LogP) is 3.02. The van der Waals surface area contributed by atoms with Crippen molar-refractivity contribution in [1.82, 2.24) is 9.97 Å². The van der Waals surface area contributed by atoms with E-state index in [1.807, 2.05) is 31.1 Å². The van der Waals surface area contributed by atoms with Crippen molar-refractivity contribution in [3.8, 4) is 0 Å². The summed E-state index contributed by atoms with van der Waals surface area (Å²) in [6, 6.07) is 3.90. The molecule has 0 unspecified atom stereocenters. The lowest BCUT2D eigenvalue weighted by Crippen LogP contribution is -2.12. The standard InChI is InChI=1S/C13H13ClN4/c1-18(2)13-9(14)5-8-7-3-4-16-6-10(7)17-12(8)11(13)15/h3-6,17H,15H2,1-2H3. The molecule has 0 atom stereocenters. The van der Waals surface area contributed by atoms with Gasteiger partial charge in [0, 0.05) is 31.1 Å². The molecule has 3 N–H and O–H groups in total. The predicted molar refractivity (Wildman–Crippen MR) is 77.3 cm³/mol. The number of fused-ring (bicyclic) bond motifs is 3. The van der Waals surface area contributed by atoms with Gasteiger partial charge >= 0.3 is 0 Å². The van der Waals surface area contributed by atoms with E-state index in [0.29, 0.717) is 10.7 Å². The maximum absolute atomic E-state index is 6.31. The molecule has 0 spiro atoms. The number of anilines is 2. The van der Waals surface area contributed by atoms with Crippen LogP contribution in [0.2, 0.25) is 5.02 Å². The third-order valence-electron chi connectivity index (χ3n) is 3.11. The zero-order valence-electron chi connectivity index (χ0n) is 10.2. The Morgan fingerprint density at radius 2 is 2.11 bits per heavy atom. The summed E-state index contributed by atoms with van der Waals surface area (Å²) in [6.07, 6.45) is 3.55. The number of nitrogens with two attached hydrogens (primary N) is 1. The van der Waals surface area contributed by atoms with Crippen molar-refractivity contribution < 1.29 is 0 Å². The van der Waals surface area contributed by atoms with Crippen molar-refractivity contribution in [2.75, 3.05) is 24.7 Å². The third-order valence-corrected chi connectivity index (χ3v) is 3.40. The molecular formula is C13H13ClN4. The first-order valence-corrected chi connectivity index (χ1v) is 5.98. The molecule has 1 aromatic carbocycles. The molecule has 3 rings (SSSR count). The van der Waals surface area contributed by atoms with Gasteiger partial charge < -0.3 is 15.6 Å². The first kappa shape index (κ1) is 11.2. The second-order valence-electron chi connectivity index (χ2n) is 4.48. The monoisotopic (exact) mass is 260 g/mol. The Morgan fingerprint density at radius 1 is 1.33 bits per heavy atom. The quantitative estimate of drug-likeness (QED) is 0.661. The topological polar surface area (TPSA) is 57.9 Å². The Hall–Kier alpha value is -1.94. The summed E-state index contributed by atoms with van der Waals surface area (Å²) >= 11 is 6.31. The lowest BCUT2D eigenvalue weighted by Gasteiger charge is -2.17. The fourth-order valence-electron chi connectivity index (χ4n) is 2.32. The number of nitrogens with zero attached hydrogens (tertiary/aromatic N) is 2. The van der Waals surface area contributed by atoms with Crippen LogP contribution in [0.15, 0.2) is 24.5 Å². The van der Waals surface area contributed by atoms with Crippen molar-refractivity contribution in [2.24, 2.45) is 0 Å². The second kappa shape index (κ2) is 3.78. The van der Waals surface area contributed by atoms with Crippen molar-refractivity contribution in [3.05, 3.63) is 29.5 Å². The number of aromatic amines is 1. The number of benzene rings is 1. The van der Waals surface area contributed by atoms with Crippen LogP contribution in [0.3, 0.4) is 0 Å². The van der Waals surface area contributed by atoms with Crippen LogP contribution < -0.4 is 10.6 Å². The van der Waals surface area contributed by atoms with E-state index >= 15 is 0 Å². The highest BCUT2D eigenvalue weighted by Gasteiger charge is 2.15. The minimum Gasteiger partial charge on any atom is -0.395 e. The third kappa shape index (κ3) is 1.42. The van der Waals surface area contributed by atoms with Crippen LogP contribution in [0.4, 0.5) is 11.4 Å². The summed E-state index contributed by atoms with van der Waals surface area (Å²) in [5, 5.41) is 2.77. The fraction of sp³-hybridized carbons (Fsp3) is 0.154. The summed E-state index contributed by atoms with van der Waals surface area (Å²) in [4.78, 5) is 9.32. The van der Waals surface area contributed by atoms with Gasteiger partial charge in [0.25, 0.3) is 0 Å². The highest BCUT2D eigenvalue weighted by molar-refractivity contribution is 6.36. The summed E-state index contributed by atoms with van der Waals surface area (Å²) in [7, 11) is 3.85. The van der Waals surface area contributed by atoms with E-state index in [1.54, 1.807) is 12.4 Å². The lowest BCUT2D eigenvalue weighted by molar-refractivity contribution is 1.14. The number of hydrogen-bond acceptors (Lipinski definition) is 3. The van der Waals surface area contributed by atoms with E-state index in [2.05, 4.69) is 9.97 Å². The zero-order chi connectivity index (χ0) is 12.9. The SMILES string of the molecule is CN(C)c1c(Cl)cc2c([nH]c3cnccc32)c1N. The molecule has 92 valence electrons. The van der Waals surface area contributed by atoms with E-state index in [-0.39, 0.29) is 0 Å². The van der Waals surface area contributed by atoms with Gasteiger partial charge in [-0.25, -0.2) is 0 Å². The molecule has 0 amide bonds. The molecule has 0 fully saturated rings. The van der Waals surface area contributed by atoms with Crippen molar-refractivity contribution in [1.29, 1.82) is 0 Å². The van der Waals surface area contributed by atoms with E-state index < -0.39 is 0 Å². The average Bonchev–Trinajstić information content (AvgIpc) is 2.68. The van der Waals surface area contributed by atoms with E-state index in [1.165, 1.54) is 0 Å². The normalized spacial score (nSPS) is 11.3. The first-order valence-electron chi connectivity index (χ1n) is 5.60. The van der Waals surface area contributed by atoms with E-state index in [9.17, 15) is 0 Å². The molecule has 0 radical (unpaired) electrons. The number of hydrogen-bond donors (Lipinski definition) is 2. The molecule has 2 heterocycles. The summed E-state index contributed by atoms with van der Waals surface area (Å²) < 4.78 is 0. The number of pyridine rings is 1. The second-order valence-corrected chi connectivity index (χ2v) is 4.89. The molecule has 0 aliphatic heterocycles. The van der Waals surface area contributed by atoms with Crippen molar-refractivity contribution in [3.63, 3.8) is 0 Å². The van der Waals surface area contributed by atoms with Crippen LogP contribution in [0.25, 0.3) is 21.8 Å². The molecule has 0 aliphatic carbocycles. The smallest absolute Gasteiger partial charge is 0.0812 e. The Morgan fingerprint density at radius 3 is 2.83 bits per heavy atom. The van der Waals surface area contributed by atoms with E-state index in [4.69, 9.17) is 17.3 Å². The van der Waals surface area contributed by atoms with Gasteiger partial charge in [-0.05, 0) is 12.1 Å². The summed E-state index contributed by atoms with van der Waals surface area (Å²) in [5.41, 5.74) is 9.58. The Kier molecular flexibility index (Phi) is 2.35. The van der Waals surface area contributed by atoms with Gasteiger partial charge in [-0.2, -0.15) is 0 Å². The Bertz CT molecular complexity index is 745. The minimum absolute atomic E-state index is 0.655. The lowest BCUT2D eigenvalue weighted by atomic mass is 10.1. The van der Waals surface area contributed by atoms with Crippen LogP contribution in [0.5, 0.6) is 0 Å². The van der Waals surface area contributed by atoms with Gasteiger partial charge in [0.15, 0.2) is 0 Å². The number of aromatic nitrogens is 2. The summed E-state index contributed by atoms with van der Waals surface area (Å²) in [5.74, 6) is 0. The highest BCUT2D eigenvalue weighted by Crippen LogP contribution is 2.39. The molecule has 3 aromatic rings. The van der Waals surface area contributed by atoms with Gasteiger partial charge in [0.2, 0.25) is 0 Å². The molecule has 2 aromatic heterocycles. The molecule has 0 bridgehead atoms. The van der Waals surface area contributed by atoms with Crippen molar-refractivity contribution in [2.45, 2.75) is 0 Å². The number of nitrogens with one attached hydrogen (secondary N) is 1. The Labute approximate surface area is 109 Å². The first-order chi connectivity index (χ1) is 8.59. The zero-order valence-corrected chi connectivity index (χ0v) is 10.9. The largest absolute Gasteiger partial charge is 0.395 e. The molecule has 0 saturated carbocycles. The number of nitrogen functional groups attached to an aromatic ring is 1. The van der Waals surface area contributed by atoms with Gasteiger partial charge in [-0.3, -0.25) is 4.98 Å². The maximum Gasteiger partial charge on any atom is 0.0812 e. The average molecular weight is 261 g/mol. The minimum atomic E-state index is 0.655. The molecule has 0 aliphatic rings. The van der Waals surface area contributed by atoms with Gasteiger partial charge in [0.05, 0.1) is 33.6 Å². The van der Waals surface area contributed by atoms with Crippen LogP contribution in [-0.2, 0) is 0 Å². The fourth-order valence-corrected chi connectivity index (χ4v) is 2.70. The van der Waals surface area contributed by atoms with Crippen molar-refractivity contribution >= 4 is 44.8 Å². The van der Waals surface area contributed by atoms with Crippen LogP contribution in [-0.4, -0.2) is 24.1 Å². The molecule has 0 saturated heterocycles. The highest BCUT2D eigenvalue weighted by atomic mass is 35.5. The molecule has 4 nitrogen and oxygen atoms in total. The van der Waals surface area contributed by atoms with E-state index in [0.717, 1.165) is 27.5 Å². The molecule has 5 heteroatoms. The Balaban J connectivity index is 2.50. The van der Waals surface area contributed by atoms with Gasteiger partial charge in [-0.15, -0.1) is 0 Å². The van der Waals surface area contributed by atoms with Crippen LogP contribution in [0, 0.1) is 0 Å². The number of rotatable bonds is 1. The van der Waals surface area contributed by atoms with Crippen LogP contribution >= 0.6 is 11.6 Å².